The molecule has 4 aliphatic carbocycles. The number of furan rings is 1. The van der Waals surface area contributed by atoms with E-state index in [2.05, 4.69) is 21.1 Å². The fourth-order valence-electron chi connectivity index (χ4n) is 5.60. The number of aromatic nitrogens is 1. The lowest BCUT2D eigenvalue weighted by Gasteiger charge is -2.58. The zero-order valence-corrected chi connectivity index (χ0v) is 15.5. The first-order chi connectivity index (χ1) is 12.0. The summed E-state index contributed by atoms with van der Waals surface area (Å²) in [6, 6.07) is 5.36. The summed E-state index contributed by atoms with van der Waals surface area (Å²) in [5, 5.41) is 3.98. The number of carbonyl (C=O) groups excluding carboxylic acids is 1. The van der Waals surface area contributed by atoms with Crippen LogP contribution in [0, 0.1) is 17.3 Å². The van der Waals surface area contributed by atoms with Gasteiger partial charge in [-0.2, -0.15) is 0 Å². The predicted octanol–water partition coefficient (Wildman–Crippen LogP) is 4.71. The summed E-state index contributed by atoms with van der Waals surface area (Å²) in [6.07, 6.45) is 8.13. The van der Waals surface area contributed by atoms with E-state index in [4.69, 9.17) is 13.7 Å². The number of alkyl halides is 1. The van der Waals surface area contributed by atoms with Gasteiger partial charge in [0, 0.05) is 10.4 Å². The Bertz CT molecular complexity index is 782. The van der Waals surface area contributed by atoms with Crippen LogP contribution in [0.25, 0.3) is 11.5 Å². The molecule has 132 valence electrons. The number of nitrogens with zero attached hydrogens (tertiary/aromatic N) is 1. The molecule has 4 saturated carbocycles. The van der Waals surface area contributed by atoms with E-state index in [1.165, 1.54) is 19.3 Å². The van der Waals surface area contributed by atoms with Crippen LogP contribution in [0.15, 0.2) is 33.4 Å². The van der Waals surface area contributed by atoms with Gasteiger partial charge >= 0.3 is 5.97 Å². The molecule has 6 heteroatoms. The van der Waals surface area contributed by atoms with Crippen LogP contribution in [0.1, 0.15) is 44.2 Å². The van der Waals surface area contributed by atoms with Gasteiger partial charge in [0.25, 0.3) is 0 Å². The molecular formula is C19H20BrNO4. The van der Waals surface area contributed by atoms with Crippen LogP contribution >= 0.6 is 15.9 Å². The van der Waals surface area contributed by atoms with Crippen molar-refractivity contribution in [3.8, 4) is 11.5 Å². The Hall–Kier alpha value is -1.56. The van der Waals surface area contributed by atoms with Crippen molar-refractivity contribution >= 4 is 21.9 Å². The molecule has 0 radical (unpaired) electrons. The summed E-state index contributed by atoms with van der Waals surface area (Å²) in [4.78, 5) is 12.9. The number of halogens is 1. The molecule has 6 rings (SSSR count). The Kier molecular flexibility index (Phi) is 3.43. The molecule has 0 saturated heterocycles. The molecule has 0 N–H and O–H groups in total. The summed E-state index contributed by atoms with van der Waals surface area (Å²) in [6.45, 7) is 0.148. The number of esters is 1. The number of hydrogen-bond acceptors (Lipinski definition) is 5. The molecule has 4 fully saturated rings. The highest BCUT2D eigenvalue weighted by Gasteiger charge is 2.60. The number of ether oxygens (including phenoxy) is 1. The average Bonchev–Trinajstić information content (AvgIpc) is 3.21. The zero-order valence-electron chi connectivity index (χ0n) is 13.9. The highest BCUT2D eigenvalue weighted by Crippen LogP contribution is 2.64. The molecule has 0 amide bonds. The van der Waals surface area contributed by atoms with Gasteiger partial charge in [0.2, 0.25) is 5.76 Å². The van der Waals surface area contributed by atoms with Gasteiger partial charge in [0.15, 0.2) is 5.76 Å². The van der Waals surface area contributed by atoms with Gasteiger partial charge in [-0.3, -0.25) is 4.79 Å². The van der Waals surface area contributed by atoms with Crippen molar-refractivity contribution in [1.29, 1.82) is 0 Å². The van der Waals surface area contributed by atoms with E-state index >= 15 is 0 Å². The summed E-state index contributed by atoms with van der Waals surface area (Å²) in [7, 11) is 0. The topological polar surface area (TPSA) is 65.5 Å². The van der Waals surface area contributed by atoms with Crippen LogP contribution in [0.4, 0.5) is 0 Å². The minimum absolute atomic E-state index is 0.0621. The van der Waals surface area contributed by atoms with Gasteiger partial charge in [-0.15, -0.1) is 0 Å². The monoisotopic (exact) mass is 405 g/mol. The fourth-order valence-corrected chi connectivity index (χ4v) is 7.05. The number of hydrogen-bond donors (Lipinski definition) is 0. The van der Waals surface area contributed by atoms with E-state index in [0.29, 0.717) is 29.1 Å². The molecule has 0 spiro atoms. The van der Waals surface area contributed by atoms with E-state index in [0.717, 1.165) is 19.3 Å². The lowest BCUT2D eigenvalue weighted by atomic mass is 9.49. The van der Waals surface area contributed by atoms with E-state index in [-0.39, 0.29) is 22.3 Å². The Morgan fingerprint density at radius 2 is 2.08 bits per heavy atom. The highest BCUT2D eigenvalue weighted by molar-refractivity contribution is 9.10. The zero-order chi connectivity index (χ0) is 17.1. The molecule has 2 aromatic rings. The van der Waals surface area contributed by atoms with Crippen LogP contribution in [-0.2, 0) is 16.1 Å². The molecule has 0 aliphatic heterocycles. The van der Waals surface area contributed by atoms with Crippen molar-refractivity contribution in [2.75, 3.05) is 0 Å². The summed E-state index contributed by atoms with van der Waals surface area (Å²) >= 11 is 3.94. The van der Waals surface area contributed by atoms with Crippen molar-refractivity contribution in [2.45, 2.75) is 49.5 Å². The third-order valence-electron chi connectivity index (χ3n) is 6.10. The third-order valence-corrected chi connectivity index (χ3v) is 7.02. The van der Waals surface area contributed by atoms with Crippen molar-refractivity contribution < 1.29 is 18.5 Å². The Balaban J connectivity index is 1.28. The SMILES string of the molecule is O=C(OCc1cc(-c2ccco2)on1)C12C[C@@H]3C[C@@H](CC(Br)(C3)C1)C2. The third kappa shape index (κ3) is 2.65. The fraction of sp³-hybridized carbons (Fsp3) is 0.579. The van der Waals surface area contributed by atoms with Crippen LogP contribution in [-0.4, -0.2) is 15.5 Å². The molecule has 4 atom stereocenters. The standard InChI is InChI=1S/C19H20BrNO4/c20-19-8-12-4-13(9-19)7-18(6-12,11-19)17(22)24-10-14-5-16(25-21-14)15-2-1-3-23-15/h1-3,5,12-13H,4,6-11H2/t12-,13+,18?,19?. The molecule has 5 nitrogen and oxygen atoms in total. The normalized spacial score (nSPS) is 35.9. The van der Waals surface area contributed by atoms with E-state index < -0.39 is 0 Å². The first kappa shape index (κ1) is 15.7. The lowest BCUT2D eigenvalue weighted by Crippen LogP contribution is -2.56. The first-order valence-corrected chi connectivity index (χ1v) is 9.69. The summed E-state index contributed by atoms with van der Waals surface area (Å²) in [5.74, 6) is 2.42. The second kappa shape index (κ2) is 5.47. The van der Waals surface area contributed by atoms with Crippen molar-refractivity contribution in [1.82, 2.24) is 5.16 Å². The van der Waals surface area contributed by atoms with Crippen LogP contribution in [0.5, 0.6) is 0 Å². The van der Waals surface area contributed by atoms with Crippen LogP contribution in [0.2, 0.25) is 0 Å². The maximum Gasteiger partial charge on any atom is 0.312 e. The second-order valence-electron chi connectivity index (χ2n) is 8.13. The lowest BCUT2D eigenvalue weighted by molar-refractivity contribution is -0.171. The van der Waals surface area contributed by atoms with Gasteiger partial charge in [-0.05, 0) is 62.5 Å². The van der Waals surface area contributed by atoms with E-state index in [9.17, 15) is 4.79 Å². The molecule has 2 heterocycles. The maximum atomic E-state index is 12.9. The van der Waals surface area contributed by atoms with E-state index in [1.54, 1.807) is 24.5 Å². The molecule has 4 aliphatic rings. The smallest absolute Gasteiger partial charge is 0.312 e. The highest BCUT2D eigenvalue weighted by atomic mass is 79.9. The van der Waals surface area contributed by atoms with Crippen LogP contribution in [0.3, 0.4) is 0 Å². The first-order valence-electron chi connectivity index (χ1n) is 8.89. The molecule has 0 aromatic carbocycles. The van der Waals surface area contributed by atoms with Gasteiger partial charge in [-0.1, -0.05) is 21.1 Å². The summed E-state index contributed by atoms with van der Waals surface area (Å²) in [5.41, 5.74) is 0.305. The second-order valence-corrected chi connectivity index (χ2v) is 9.81. The Morgan fingerprint density at radius 3 is 2.76 bits per heavy atom. The molecule has 2 aromatic heterocycles. The molecular weight excluding hydrogens is 386 g/mol. The minimum atomic E-state index is -0.304. The maximum absolute atomic E-state index is 12.9. The largest absolute Gasteiger partial charge is 0.461 e. The molecule has 2 unspecified atom stereocenters. The van der Waals surface area contributed by atoms with E-state index in [1.807, 2.05) is 0 Å². The van der Waals surface area contributed by atoms with Gasteiger partial charge < -0.3 is 13.7 Å². The summed E-state index contributed by atoms with van der Waals surface area (Å²) < 4.78 is 16.4. The van der Waals surface area contributed by atoms with Crippen molar-refractivity contribution in [2.24, 2.45) is 17.3 Å². The van der Waals surface area contributed by atoms with Crippen LogP contribution < -0.4 is 0 Å². The number of carbonyl (C=O) groups is 1. The predicted molar refractivity (Wildman–Crippen MR) is 92.8 cm³/mol. The average molecular weight is 406 g/mol. The Labute approximate surface area is 154 Å². The van der Waals surface area contributed by atoms with Gasteiger partial charge in [-0.25, -0.2) is 0 Å². The number of rotatable bonds is 4. The Morgan fingerprint density at radius 1 is 1.28 bits per heavy atom. The molecule has 4 bridgehead atoms. The van der Waals surface area contributed by atoms with Gasteiger partial charge in [0.1, 0.15) is 12.3 Å². The minimum Gasteiger partial charge on any atom is -0.461 e. The quantitative estimate of drug-likeness (QED) is 0.544. The van der Waals surface area contributed by atoms with Crippen molar-refractivity contribution in [3.05, 3.63) is 30.2 Å². The molecule has 25 heavy (non-hydrogen) atoms. The van der Waals surface area contributed by atoms with Crippen molar-refractivity contribution in [3.63, 3.8) is 0 Å². The van der Waals surface area contributed by atoms with Gasteiger partial charge in [0.05, 0.1) is 11.7 Å².